The summed E-state index contributed by atoms with van der Waals surface area (Å²) in [7, 11) is 1.88. The van der Waals surface area contributed by atoms with Crippen LogP contribution >= 0.6 is 0 Å². The highest BCUT2D eigenvalue weighted by Gasteiger charge is 2.19. The maximum atomic E-state index is 5.73. The summed E-state index contributed by atoms with van der Waals surface area (Å²) in [5.41, 5.74) is -0.0649. The van der Waals surface area contributed by atoms with E-state index in [0.29, 0.717) is 6.10 Å². The summed E-state index contributed by atoms with van der Waals surface area (Å²) < 4.78 is 5.73. The lowest BCUT2D eigenvalue weighted by Gasteiger charge is -2.24. The molecule has 2 rings (SSSR count). The van der Waals surface area contributed by atoms with Gasteiger partial charge in [-0.1, -0.05) is 20.8 Å². The van der Waals surface area contributed by atoms with Crippen LogP contribution in [0.15, 0.2) is 6.07 Å². The minimum Gasteiger partial charge on any atom is -0.376 e. The van der Waals surface area contributed by atoms with E-state index in [9.17, 15) is 0 Å². The van der Waals surface area contributed by atoms with Gasteiger partial charge < -0.3 is 15.4 Å². The van der Waals surface area contributed by atoms with E-state index < -0.39 is 0 Å². The van der Waals surface area contributed by atoms with Gasteiger partial charge in [-0.2, -0.15) is 0 Å². The number of aromatic nitrogens is 2. The Morgan fingerprint density at radius 1 is 1.25 bits per heavy atom. The number of anilines is 2. The van der Waals surface area contributed by atoms with E-state index in [1.807, 2.05) is 13.1 Å². The van der Waals surface area contributed by atoms with Crippen molar-refractivity contribution in [2.75, 3.05) is 30.8 Å². The van der Waals surface area contributed by atoms with Crippen LogP contribution < -0.4 is 10.6 Å². The highest BCUT2D eigenvalue weighted by Crippen LogP contribution is 2.22. The molecule has 2 N–H and O–H groups in total. The van der Waals surface area contributed by atoms with Crippen LogP contribution in [0.5, 0.6) is 0 Å². The van der Waals surface area contributed by atoms with Crippen LogP contribution in [0, 0.1) is 0 Å². The van der Waals surface area contributed by atoms with Crippen molar-refractivity contribution in [1.29, 1.82) is 0 Å². The average Bonchev–Trinajstić information content (AvgIpc) is 2.45. The van der Waals surface area contributed by atoms with Gasteiger partial charge in [0.25, 0.3) is 0 Å². The second-order valence-corrected chi connectivity index (χ2v) is 6.33. The van der Waals surface area contributed by atoms with E-state index in [1.54, 1.807) is 0 Å². The van der Waals surface area contributed by atoms with Crippen LogP contribution in [-0.4, -0.2) is 36.3 Å². The minimum absolute atomic E-state index is 0.0649. The lowest BCUT2D eigenvalue weighted by atomic mass is 9.96. The van der Waals surface area contributed by atoms with E-state index in [1.165, 1.54) is 12.8 Å². The second-order valence-electron chi connectivity index (χ2n) is 6.33. The Labute approximate surface area is 121 Å². The van der Waals surface area contributed by atoms with Gasteiger partial charge in [0.2, 0.25) is 0 Å². The molecule has 20 heavy (non-hydrogen) atoms. The van der Waals surface area contributed by atoms with Crippen molar-refractivity contribution < 1.29 is 4.74 Å². The Bertz CT molecular complexity index is 436. The molecule has 0 saturated carbocycles. The number of hydrogen-bond donors (Lipinski definition) is 2. The fourth-order valence-corrected chi connectivity index (χ4v) is 2.19. The molecule has 2 heterocycles. The Morgan fingerprint density at radius 3 is 2.60 bits per heavy atom. The number of ether oxygens (including phenoxy) is 1. The Balaban J connectivity index is 2.06. The minimum atomic E-state index is -0.0649. The van der Waals surface area contributed by atoms with Gasteiger partial charge in [0.1, 0.15) is 17.5 Å². The molecule has 1 aliphatic heterocycles. The van der Waals surface area contributed by atoms with Crippen LogP contribution in [0.25, 0.3) is 0 Å². The topological polar surface area (TPSA) is 59.1 Å². The van der Waals surface area contributed by atoms with E-state index in [-0.39, 0.29) is 5.41 Å². The molecular formula is C15H26N4O. The zero-order valence-electron chi connectivity index (χ0n) is 13.0. The SMILES string of the molecule is CNc1cc(NCC2CCCCO2)nc(C(C)(C)C)n1. The number of hydrogen-bond acceptors (Lipinski definition) is 5. The molecule has 5 nitrogen and oxygen atoms in total. The molecule has 0 radical (unpaired) electrons. The number of rotatable bonds is 4. The quantitative estimate of drug-likeness (QED) is 0.887. The first-order valence-corrected chi connectivity index (χ1v) is 7.42. The van der Waals surface area contributed by atoms with Crippen molar-refractivity contribution in [2.45, 2.75) is 51.6 Å². The standard InChI is InChI=1S/C15H26N4O/c1-15(2,3)14-18-12(16-4)9-13(19-14)17-10-11-7-5-6-8-20-11/h9,11H,5-8,10H2,1-4H3,(H2,16,17,18,19). The van der Waals surface area contributed by atoms with Gasteiger partial charge in [-0.25, -0.2) is 9.97 Å². The lowest BCUT2D eigenvalue weighted by molar-refractivity contribution is 0.0247. The molecule has 1 aliphatic rings. The first-order valence-electron chi connectivity index (χ1n) is 7.42. The van der Waals surface area contributed by atoms with Crippen molar-refractivity contribution in [1.82, 2.24) is 9.97 Å². The van der Waals surface area contributed by atoms with Crippen molar-refractivity contribution in [3.05, 3.63) is 11.9 Å². The van der Waals surface area contributed by atoms with Crippen molar-refractivity contribution in [3.63, 3.8) is 0 Å². The molecule has 1 unspecified atom stereocenters. The fourth-order valence-electron chi connectivity index (χ4n) is 2.19. The van der Waals surface area contributed by atoms with Crippen LogP contribution in [0.3, 0.4) is 0 Å². The lowest BCUT2D eigenvalue weighted by Crippen LogP contribution is -2.27. The molecule has 5 heteroatoms. The summed E-state index contributed by atoms with van der Waals surface area (Å²) in [4.78, 5) is 9.14. The van der Waals surface area contributed by atoms with E-state index in [4.69, 9.17) is 4.74 Å². The Morgan fingerprint density at radius 2 is 2.00 bits per heavy atom. The predicted octanol–water partition coefficient (Wildman–Crippen LogP) is 2.80. The monoisotopic (exact) mass is 278 g/mol. The third-order valence-corrected chi connectivity index (χ3v) is 3.44. The average molecular weight is 278 g/mol. The summed E-state index contributed by atoms with van der Waals surface area (Å²) in [6, 6.07) is 1.94. The number of nitrogens with one attached hydrogen (secondary N) is 2. The van der Waals surface area contributed by atoms with Crippen LogP contribution in [-0.2, 0) is 10.2 Å². The fraction of sp³-hybridized carbons (Fsp3) is 0.733. The van der Waals surface area contributed by atoms with Crippen molar-refractivity contribution in [2.24, 2.45) is 0 Å². The molecule has 1 aromatic rings. The van der Waals surface area contributed by atoms with Crippen LogP contribution in [0.1, 0.15) is 45.9 Å². The summed E-state index contributed by atoms with van der Waals surface area (Å²) in [5, 5.41) is 6.48. The normalized spacial score (nSPS) is 19.7. The highest BCUT2D eigenvalue weighted by molar-refractivity contribution is 5.47. The first kappa shape index (κ1) is 15.0. The van der Waals surface area contributed by atoms with Crippen molar-refractivity contribution >= 4 is 11.6 Å². The van der Waals surface area contributed by atoms with Gasteiger partial charge in [0.05, 0.1) is 6.10 Å². The first-order chi connectivity index (χ1) is 9.49. The molecular weight excluding hydrogens is 252 g/mol. The molecule has 112 valence electrons. The van der Waals surface area contributed by atoms with E-state index in [2.05, 4.69) is 41.4 Å². The van der Waals surface area contributed by atoms with Gasteiger partial charge in [-0.3, -0.25) is 0 Å². The van der Waals surface area contributed by atoms with Gasteiger partial charge in [0, 0.05) is 31.7 Å². The maximum Gasteiger partial charge on any atom is 0.138 e. The summed E-state index contributed by atoms with van der Waals surface area (Å²) >= 11 is 0. The zero-order chi connectivity index (χ0) is 14.6. The molecule has 0 bridgehead atoms. The largest absolute Gasteiger partial charge is 0.376 e. The maximum absolute atomic E-state index is 5.73. The van der Waals surface area contributed by atoms with Crippen LogP contribution in [0.2, 0.25) is 0 Å². The summed E-state index contributed by atoms with van der Waals surface area (Å²) in [6.45, 7) is 8.05. The molecule has 1 fully saturated rings. The Hall–Kier alpha value is -1.36. The van der Waals surface area contributed by atoms with Gasteiger partial charge in [0.15, 0.2) is 0 Å². The van der Waals surface area contributed by atoms with Crippen LogP contribution in [0.4, 0.5) is 11.6 Å². The molecule has 0 aromatic carbocycles. The Kier molecular flexibility index (Phi) is 4.81. The molecule has 1 aromatic heterocycles. The molecule has 0 aliphatic carbocycles. The van der Waals surface area contributed by atoms with Gasteiger partial charge in [-0.15, -0.1) is 0 Å². The predicted molar refractivity (Wildman–Crippen MR) is 82.4 cm³/mol. The molecule has 1 saturated heterocycles. The molecule has 0 amide bonds. The summed E-state index contributed by atoms with van der Waals surface area (Å²) in [5.74, 6) is 2.55. The third kappa shape index (κ3) is 4.07. The summed E-state index contributed by atoms with van der Waals surface area (Å²) in [6.07, 6.45) is 3.87. The van der Waals surface area contributed by atoms with E-state index >= 15 is 0 Å². The molecule has 0 spiro atoms. The smallest absolute Gasteiger partial charge is 0.138 e. The highest BCUT2D eigenvalue weighted by atomic mass is 16.5. The third-order valence-electron chi connectivity index (χ3n) is 3.44. The second kappa shape index (κ2) is 6.39. The number of nitrogens with zero attached hydrogens (tertiary/aromatic N) is 2. The molecule has 1 atom stereocenters. The zero-order valence-corrected chi connectivity index (χ0v) is 13.0. The van der Waals surface area contributed by atoms with Crippen molar-refractivity contribution in [3.8, 4) is 0 Å². The van der Waals surface area contributed by atoms with Gasteiger partial charge in [-0.05, 0) is 19.3 Å². The van der Waals surface area contributed by atoms with Gasteiger partial charge >= 0.3 is 0 Å². The van der Waals surface area contributed by atoms with E-state index in [0.717, 1.165) is 37.0 Å².